The third-order valence-electron chi connectivity index (χ3n) is 2.10. The highest BCUT2D eigenvalue weighted by Crippen LogP contribution is 2.23. The third-order valence-corrected chi connectivity index (χ3v) is 2.30. The molecule has 1 aromatic heterocycles. The van der Waals surface area contributed by atoms with Crippen molar-refractivity contribution in [2.24, 2.45) is 0 Å². The molecule has 0 bridgehead atoms. The van der Waals surface area contributed by atoms with Crippen LogP contribution in [-0.4, -0.2) is 7.05 Å². The van der Waals surface area contributed by atoms with E-state index >= 15 is 0 Å². The molecule has 1 aromatic rings. The number of furan rings is 1. The van der Waals surface area contributed by atoms with Crippen LogP contribution in [-0.2, 0) is 0 Å². The van der Waals surface area contributed by atoms with Crippen molar-refractivity contribution in [1.82, 2.24) is 5.32 Å². The third kappa shape index (κ3) is 3.10. The van der Waals surface area contributed by atoms with Gasteiger partial charge < -0.3 is 9.73 Å². The van der Waals surface area contributed by atoms with Crippen LogP contribution in [0.15, 0.2) is 16.5 Å². The Labute approximate surface area is 89.6 Å². The molecule has 0 aliphatic heterocycles. The molecule has 0 aromatic carbocycles. The molecule has 0 spiro atoms. The van der Waals surface area contributed by atoms with Crippen LogP contribution in [0.4, 0.5) is 0 Å². The van der Waals surface area contributed by atoms with E-state index in [1.54, 1.807) is 6.07 Å². The van der Waals surface area contributed by atoms with Crippen LogP contribution in [0.1, 0.15) is 31.1 Å². The molecule has 3 heteroatoms. The van der Waals surface area contributed by atoms with E-state index in [0.717, 1.165) is 25.0 Å². The highest BCUT2D eigenvalue weighted by Gasteiger charge is 2.12. The van der Waals surface area contributed by atoms with Gasteiger partial charge in [0.05, 0.1) is 6.04 Å². The lowest BCUT2D eigenvalue weighted by atomic mass is 10.1. The number of hydrogen-bond donors (Lipinski definition) is 1. The largest absolute Gasteiger partial charge is 0.448 e. The number of hydrogen-bond acceptors (Lipinski definition) is 2. The Morgan fingerprint density at radius 2 is 2.43 bits per heavy atom. The molecule has 0 radical (unpaired) electrons. The molecule has 2 nitrogen and oxygen atoms in total. The van der Waals surface area contributed by atoms with Gasteiger partial charge >= 0.3 is 0 Å². The minimum atomic E-state index is 0.204. The highest BCUT2D eigenvalue weighted by atomic mass is 35.5. The van der Waals surface area contributed by atoms with Crippen molar-refractivity contribution in [2.75, 3.05) is 7.05 Å². The second-order valence-corrected chi connectivity index (χ2v) is 3.45. The quantitative estimate of drug-likeness (QED) is 0.599. The molecule has 0 saturated carbocycles. The molecular weight excluding hydrogens is 198 g/mol. The summed E-state index contributed by atoms with van der Waals surface area (Å²) in [6.07, 6.45) is 7.93. The van der Waals surface area contributed by atoms with Crippen molar-refractivity contribution in [3.63, 3.8) is 0 Å². The summed E-state index contributed by atoms with van der Waals surface area (Å²) in [5.74, 6) is 3.49. The van der Waals surface area contributed by atoms with Crippen molar-refractivity contribution in [3.8, 4) is 12.3 Å². The van der Waals surface area contributed by atoms with Crippen LogP contribution in [0.3, 0.4) is 0 Å². The average molecular weight is 212 g/mol. The summed E-state index contributed by atoms with van der Waals surface area (Å²) in [5, 5.41) is 3.60. The summed E-state index contributed by atoms with van der Waals surface area (Å²) in [5.41, 5.74) is 0. The maximum atomic E-state index is 5.70. The van der Waals surface area contributed by atoms with E-state index in [2.05, 4.69) is 11.2 Å². The predicted octanol–water partition coefficient (Wildman–Crippen LogP) is 3.00. The normalized spacial score (nSPS) is 12.4. The van der Waals surface area contributed by atoms with Gasteiger partial charge in [0.2, 0.25) is 0 Å². The van der Waals surface area contributed by atoms with Crippen LogP contribution in [0.25, 0.3) is 0 Å². The maximum Gasteiger partial charge on any atom is 0.193 e. The SMILES string of the molecule is C#CCCCC(NC)c1ccc(Cl)o1. The maximum absolute atomic E-state index is 5.70. The van der Waals surface area contributed by atoms with Gasteiger partial charge in [0.25, 0.3) is 0 Å². The first kappa shape index (κ1) is 11.2. The summed E-state index contributed by atoms with van der Waals surface area (Å²) in [6, 6.07) is 3.85. The molecule has 0 fully saturated rings. The van der Waals surface area contributed by atoms with Gasteiger partial charge in [-0.15, -0.1) is 12.3 Å². The molecule has 0 aliphatic carbocycles. The molecule has 0 amide bonds. The Bertz CT molecular complexity index is 313. The minimum absolute atomic E-state index is 0.204. The van der Waals surface area contributed by atoms with Crippen LogP contribution in [0, 0.1) is 12.3 Å². The standard InChI is InChI=1S/C11H14ClNO/c1-3-4-5-6-9(13-2)10-7-8-11(12)14-10/h1,7-9,13H,4-6H2,2H3. The van der Waals surface area contributed by atoms with E-state index in [9.17, 15) is 0 Å². The number of nitrogens with one attached hydrogen (secondary N) is 1. The van der Waals surface area contributed by atoms with Crippen LogP contribution in [0.2, 0.25) is 5.22 Å². The zero-order valence-electron chi connectivity index (χ0n) is 8.22. The second kappa shape index (κ2) is 5.74. The van der Waals surface area contributed by atoms with E-state index in [0.29, 0.717) is 5.22 Å². The first-order chi connectivity index (χ1) is 6.77. The molecule has 1 unspecified atom stereocenters. The van der Waals surface area contributed by atoms with Gasteiger partial charge in [0.1, 0.15) is 5.76 Å². The predicted molar refractivity (Wildman–Crippen MR) is 58.2 cm³/mol. The molecule has 0 saturated heterocycles. The number of terminal acetylenes is 1. The van der Waals surface area contributed by atoms with Crippen LogP contribution in [0.5, 0.6) is 0 Å². The average Bonchev–Trinajstić information content (AvgIpc) is 2.60. The first-order valence-corrected chi connectivity index (χ1v) is 5.01. The molecule has 76 valence electrons. The van der Waals surface area contributed by atoms with Crippen LogP contribution < -0.4 is 5.32 Å². The minimum Gasteiger partial charge on any atom is -0.448 e. The first-order valence-electron chi connectivity index (χ1n) is 4.64. The van der Waals surface area contributed by atoms with Crippen molar-refractivity contribution in [3.05, 3.63) is 23.1 Å². The topological polar surface area (TPSA) is 25.2 Å². The summed E-state index contributed by atoms with van der Waals surface area (Å²) in [4.78, 5) is 0. The van der Waals surface area contributed by atoms with Crippen molar-refractivity contribution >= 4 is 11.6 Å². The lowest BCUT2D eigenvalue weighted by Gasteiger charge is -2.12. The summed E-state index contributed by atoms with van der Waals surface area (Å²) >= 11 is 5.70. The highest BCUT2D eigenvalue weighted by molar-refractivity contribution is 6.28. The van der Waals surface area contributed by atoms with Crippen molar-refractivity contribution < 1.29 is 4.42 Å². The van der Waals surface area contributed by atoms with Crippen molar-refractivity contribution in [1.29, 1.82) is 0 Å². The van der Waals surface area contributed by atoms with E-state index in [4.69, 9.17) is 22.4 Å². The molecule has 14 heavy (non-hydrogen) atoms. The zero-order valence-corrected chi connectivity index (χ0v) is 8.97. The molecule has 1 atom stereocenters. The fourth-order valence-electron chi connectivity index (χ4n) is 1.35. The molecular formula is C11H14ClNO. The zero-order chi connectivity index (χ0) is 10.4. The Morgan fingerprint density at radius 1 is 1.64 bits per heavy atom. The molecule has 1 heterocycles. The van der Waals surface area contributed by atoms with Gasteiger partial charge in [-0.1, -0.05) is 0 Å². The summed E-state index contributed by atoms with van der Waals surface area (Å²) in [6.45, 7) is 0. The van der Waals surface area contributed by atoms with Gasteiger partial charge in [0, 0.05) is 6.42 Å². The van der Waals surface area contributed by atoms with E-state index in [1.807, 2.05) is 13.1 Å². The Morgan fingerprint density at radius 3 is 2.93 bits per heavy atom. The van der Waals surface area contributed by atoms with Gasteiger partial charge in [-0.2, -0.15) is 0 Å². The monoisotopic (exact) mass is 211 g/mol. The Hall–Kier alpha value is -0.910. The van der Waals surface area contributed by atoms with E-state index in [1.165, 1.54) is 0 Å². The lowest BCUT2D eigenvalue weighted by Crippen LogP contribution is -2.15. The second-order valence-electron chi connectivity index (χ2n) is 3.08. The van der Waals surface area contributed by atoms with Gasteiger partial charge in [-0.3, -0.25) is 0 Å². The van der Waals surface area contributed by atoms with Crippen molar-refractivity contribution in [2.45, 2.75) is 25.3 Å². The van der Waals surface area contributed by atoms with Gasteiger partial charge in [0.15, 0.2) is 5.22 Å². The fraction of sp³-hybridized carbons (Fsp3) is 0.455. The number of rotatable bonds is 5. The smallest absolute Gasteiger partial charge is 0.193 e. The Kier molecular flexibility index (Phi) is 4.58. The van der Waals surface area contributed by atoms with E-state index < -0.39 is 0 Å². The van der Waals surface area contributed by atoms with Gasteiger partial charge in [-0.25, -0.2) is 0 Å². The van der Waals surface area contributed by atoms with E-state index in [-0.39, 0.29) is 6.04 Å². The summed E-state index contributed by atoms with van der Waals surface area (Å²) < 4.78 is 5.32. The Balaban J connectivity index is 2.50. The number of halogens is 1. The van der Waals surface area contributed by atoms with Crippen LogP contribution >= 0.6 is 11.6 Å². The lowest BCUT2D eigenvalue weighted by molar-refractivity contribution is 0.410. The fourth-order valence-corrected chi connectivity index (χ4v) is 1.50. The molecule has 0 aliphatic rings. The summed E-state index contributed by atoms with van der Waals surface area (Å²) in [7, 11) is 1.90. The molecule has 1 N–H and O–H groups in total. The number of unbranched alkanes of at least 4 members (excludes halogenated alkanes) is 1. The van der Waals surface area contributed by atoms with Gasteiger partial charge in [-0.05, 0) is 43.6 Å². The molecule has 1 rings (SSSR count).